The molecule has 0 amide bonds. The Morgan fingerprint density at radius 1 is 1.11 bits per heavy atom. The molecule has 37 heavy (non-hydrogen) atoms. The van der Waals surface area contributed by atoms with E-state index in [1.165, 1.54) is 17.2 Å². The monoisotopic (exact) mass is 514 g/mol. The summed E-state index contributed by atoms with van der Waals surface area (Å²) in [5, 5.41) is 9.27. The molecule has 1 unspecified atom stereocenters. The largest absolute Gasteiger partial charge is 0.483 e. The van der Waals surface area contributed by atoms with Crippen molar-refractivity contribution in [2.45, 2.75) is 44.1 Å². The Kier molecular flexibility index (Phi) is 6.55. The number of halogens is 3. The molecular formula is C26H29F3N6O2. The van der Waals surface area contributed by atoms with Gasteiger partial charge in [-0.1, -0.05) is 24.3 Å². The van der Waals surface area contributed by atoms with E-state index in [4.69, 9.17) is 20.2 Å². The van der Waals surface area contributed by atoms with Gasteiger partial charge < -0.3 is 15.2 Å². The Bertz CT molecular complexity index is 1420. The van der Waals surface area contributed by atoms with E-state index in [-0.39, 0.29) is 24.7 Å². The van der Waals surface area contributed by atoms with Gasteiger partial charge in [-0.05, 0) is 44.0 Å². The number of alkyl halides is 3. The van der Waals surface area contributed by atoms with E-state index >= 15 is 0 Å². The molecule has 1 aromatic carbocycles. The van der Waals surface area contributed by atoms with Crippen LogP contribution in [0.5, 0.6) is 5.75 Å². The Labute approximate surface area is 212 Å². The van der Waals surface area contributed by atoms with Crippen molar-refractivity contribution in [1.29, 1.82) is 0 Å². The lowest BCUT2D eigenvalue weighted by Gasteiger charge is -2.30. The number of methoxy groups -OCH3 is 1. The van der Waals surface area contributed by atoms with E-state index in [0.29, 0.717) is 41.5 Å². The molecule has 1 fully saturated rings. The van der Waals surface area contributed by atoms with Gasteiger partial charge in [0.1, 0.15) is 28.6 Å². The number of likely N-dealkylation sites (tertiary alicyclic amines) is 1. The van der Waals surface area contributed by atoms with E-state index in [9.17, 15) is 13.2 Å². The molecule has 0 radical (unpaired) electrons. The first-order chi connectivity index (χ1) is 17.6. The lowest BCUT2D eigenvalue weighted by molar-refractivity contribution is -0.183. The van der Waals surface area contributed by atoms with Crippen LogP contribution in [-0.4, -0.2) is 69.1 Å². The summed E-state index contributed by atoms with van der Waals surface area (Å²) < 4.78 is 55.6. The Balaban J connectivity index is 1.57. The van der Waals surface area contributed by atoms with Crippen LogP contribution in [0.25, 0.3) is 28.1 Å². The van der Waals surface area contributed by atoms with E-state index < -0.39 is 17.8 Å². The highest BCUT2D eigenvalue weighted by Crippen LogP contribution is 2.39. The van der Waals surface area contributed by atoms with Gasteiger partial charge in [0, 0.05) is 37.8 Å². The van der Waals surface area contributed by atoms with Crippen molar-refractivity contribution in [3.63, 3.8) is 0 Å². The third kappa shape index (κ3) is 5.11. The van der Waals surface area contributed by atoms with Crippen molar-refractivity contribution >= 4 is 16.6 Å². The average Bonchev–Trinajstić information content (AvgIpc) is 3.44. The molecular weight excluding hydrogens is 485 g/mol. The second-order valence-electron chi connectivity index (χ2n) is 10.0. The zero-order chi connectivity index (χ0) is 26.4. The van der Waals surface area contributed by atoms with E-state index in [2.05, 4.69) is 10.2 Å². The zero-order valence-electron chi connectivity index (χ0n) is 20.9. The van der Waals surface area contributed by atoms with Crippen molar-refractivity contribution in [2.24, 2.45) is 5.73 Å². The number of benzene rings is 1. The van der Waals surface area contributed by atoms with Gasteiger partial charge in [0.2, 0.25) is 0 Å². The number of nitrogens with zero attached hydrogens (tertiary/aromatic N) is 5. The number of aromatic nitrogens is 4. The van der Waals surface area contributed by atoms with E-state index in [1.54, 1.807) is 23.6 Å². The van der Waals surface area contributed by atoms with Crippen LogP contribution in [0, 0.1) is 0 Å². The summed E-state index contributed by atoms with van der Waals surface area (Å²) in [5.74, 6) is 0.905. The van der Waals surface area contributed by atoms with Crippen LogP contribution in [0.3, 0.4) is 0 Å². The van der Waals surface area contributed by atoms with Gasteiger partial charge in [-0.3, -0.25) is 9.30 Å². The maximum atomic E-state index is 14.2. The summed E-state index contributed by atoms with van der Waals surface area (Å²) in [6.45, 7) is 4.68. The minimum Gasteiger partial charge on any atom is -0.483 e. The molecule has 0 bridgehead atoms. The average molecular weight is 515 g/mol. The SMILES string of the molecule is COCC(C)(C)Oc1cccc2ccc(-c3nnc4ccc([C@@H](N5CCC(N)C5)C(F)(F)F)cn34)nc12. The summed E-state index contributed by atoms with van der Waals surface area (Å²) >= 11 is 0. The van der Waals surface area contributed by atoms with E-state index in [0.717, 1.165) is 5.39 Å². The van der Waals surface area contributed by atoms with Gasteiger partial charge in [0.15, 0.2) is 11.5 Å². The Morgan fingerprint density at radius 2 is 1.92 bits per heavy atom. The zero-order valence-corrected chi connectivity index (χ0v) is 20.9. The first-order valence-corrected chi connectivity index (χ1v) is 12.0. The van der Waals surface area contributed by atoms with Gasteiger partial charge in [0.25, 0.3) is 0 Å². The molecule has 1 aliphatic rings. The van der Waals surface area contributed by atoms with Crippen molar-refractivity contribution in [3.05, 3.63) is 54.2 Å². The third-order valence-electron chi connectivity index (χ3n) is 6.46. The maximum absolute atomic E-state index is 14.2. The molecule has 196 valence electrons. The molecule has 2 atom stereocenters. The molecule has 0 spiro atoms. The topological polar surface area (TPSA) is 90.8 Å². The van der Waals surface area contributed by atoms with Gasteiger partial charge in [-0.15, -0.1) is 10.2 Å². The number of rotatable bonds is 7. The van der Waals surface area contributed by atoms with Gasteiger partial charge in [-0.25, -0.2) is 4.98 Å². The quantitative estimate of drug-likeness (QED) is 0.391. The van der Waals surface area contributed by atoms with Crippen LogP contribution in [-0.2, 0) is 4.74 Å². The molecule has 1 aliphatic heterocycles. The van der Waals surface area contributed by atoms with E-state index in [1.807, 2.05) is 38.1 Å². The van der Waals surface area contributed by atoms with Crippen LogP contribution in [0.4, 0.5) is 13.2 Å². The van der Waals surface area contributed by atoms with Crippen LogP contribution in [0.1, 0.15) is 31.9 Å². The molecule has 1 saturated heterocycles. The number of hydrogen-bond acceptors (Lipinski definition) is 7. The van der Waals surface area contributed by atoms with Crippen molar-refractivity contribution in [3.8, 4) is 17.3 Å². The van der Waals surface area contributed by atoms with Crippen molar-refractivity contribution in [1.82, 2.24) is 24.5 Å². The molecule has 4 heterocycles. The fourth-order valence-electron chi connectivity index (χ4n) is 4.90. The highest BCUT2D eigenvalue weighted by molar-refractivity contribution is 5.86. The molecule has 0 aliphatic carbocycles. The number of nitrogens with two attached hydrogens (primary N) is 1. The highest BCUT2D eigenvalue weighted by Gasteiger charge is 2.46. The third-order valence-corrected chi connectivity index (χ3v) is 6.46. The summed E-state index contributed by atoms with van der Waals surface area (Å²) in [5.41, 5.74) is 6.91. The molecule has 4 aromatic rings. The standard InChI is InChI=1S/C26H29F3N6O2/c1-25(2,15-36-3)37-20-6-4-5-16-7-9-19(31-22(16)20)24-33-32-21-10-8-17(13-35(21)24)23(26(27,28)29)34-12-11-18(30)14-34/h4-10,13,18,23H,11-12,14-15,30H2,1-3H3/t18?,23-/m1/s1. The van der Waals surface area contributed by atoms with Gasteiger partial charge in [0.05, 0.1) is 6.61 Å². The first kappa shape index (κ1) is 25.4. The number of fused-ring (bicyclic) bond motifs is 2. The molecule has 3 aromatic heterocycles. The van der Waals surface area contributed by atoms with Crippen LogP contribution in [0.2, 0.25) is 0 Å². The normalized spacial score (nSPS) is 18.1. The predicted octanol–water partition coefficient (Wildman–Crippen LogP) is 4.38. The van der Waals surface area contributed by atoms with Crippen LogP contribution >= 0.6 is 0 Å². The number of hydrogen-bond donors (Lipinski definition) is 1. The fraction of sp³-hybridized carbons (Fsp3) is 0.423. The highest BCUT2D eigenvalue weighted by atomic mass is 19.4. The minimum absolute atomic E-state index is 0.0984. The molecule has 5 rings (SSSR count). The molecule has 11 heteroatoms. The maximum Gasteiger partial charge on any atom is 0.408 e. The van der Waals surface area contributed by atoms with Crippen LogP contribution in [0.15, 0.2) is 48.7 Å². The van der Waals surface area contributed by atoms with Crippen molar-refractivity contribution in [2.75, 3.05) is 26.8 Å². The summed E-state index contributed by atoms with van der Waals surface area (Å²) in [4.78, 5) is 6.17. The summed E-state index contributed by atoms with van der Waals surface area (Å²) in [7, 11) is 1.61. The lowest BCUT2D eigenvalue weighted by atomic mass is 10.1. The molecule has 2 N–H and O–H groups in total. The first-order valence-electron chi connectivity index (χ1n) is 12.0. The Hall–Kier alpha value is -3.28. The van der Waals surface area contributed by atoms with Crippen LogP contribution < -0.4 is 10.5 Å². The minimum atomic E-state index is -4.46. The summed E-state index contributed by atoms with van der Waals surface area (Å²) in [6.07, 6.45) is -2.49. The fourth-order valence-corrected chi connectivity index (χ4v) is 4.90. The molecule has 8 nitrogen and oxygen atoms in total. The van der Waals surface area contributed by atoms with Gasteiger partial charge in [-0.2, -0.15) is 13.2 Å². The molecule has 0 saturated carbocycles. The summed E-state index contributed by atoms with van der Waals surface area (Å²) in [6, 6.07) is 10.2. The Morgan fingerprint density at radius 3 is 2.62 bits per heavy atom. The van der Waals surface area contributed by atoms with Gasteiger partial charge >= 0.3 is 6.18 Å². The lowest BCUT2D eigenvalue weighted by Crippen LogP contribution is -2.38. The number of para-hydroxylation sites is 1. The number of ether oxygens (including phenoxy) is 2. The smallest absolute Gasteiger partial charge is 0.408 e. The second-order valence-corrected chi connectivity index (χ2v) is 10.0. The number of pyridine rings is 2. The predicted molar refractivity (Wildman–Crippen MR) is 133 cm³/mol. The van der Waals surface area contributed by atoms with Crippen molar-refractivity contribution < 1.29 is 22.6 Å². The second kappa shape index (κ2) is 9.55.